The van der Waals surface area contributed by atoms with Gasteiger partial charge in [0.2, 0.25) is 5.95 Å². The first kappa shape index (κ1) is 15.5. The Balaban J connectivity index is 1.83. The molecule has 0 amide bonds. The lowest BCUT2D eigenvalue weighted by Crippen LogP contribution is -2.58. The van der Waals surface area contributed by atoms with Crippen LogP contribution in [0.5, 0.6) is 0 Å². The molecule has 5 heteroatoms. The summed E-state index contributed by atoms with van der Waals surface area (Å²) in [7, 11) is 0. The molecule has 122 valence electrons. The third-order valence-electron chi connectivity index (χ3n) is 5.16. The maximum atomic E-state index is 9.48. The zero-order chi connectivity index (χ0) is 16.7. The van der Waals surface area contributed by atoms with Crippen molar-refractivity contribution in [3.05, 3.63) is 35.5 Å². The first-order chi connectivity index (χ1) is 11.6. The number of fused-ring (bicyclic) bond motifs is 1. The summed E-state index contributed by atoms with van der Waals surface area (Å²) in [6.07, 6.45) is 6.16. The van der Waals surface area contributed by atoms with Crippen LogP contribution < -0.4 is 4.90 Å². The van der Waals surface area contributed by atoms with E-state index in [1.807, 2.05) is 11.8 Å². The van der Waals surface area contributed by atoms with Gasteiger partial charge in [0.15, 0.2) is 0 Å². The molecule has 2 aliphatic rings. The molecule has 2 heterocycles. The molecule has 4 rings (SSSR count). The van der Waals surface area contributed by atoms with Gasteiger partial charge in [0.25, 0.3) is 0 Å². The molecule has 1 atom stereocenters. The Bertz CT molecular complexity index is 842. The van der Waals surface area contributed by atoms with Crippen LogP contribution in [0, 0.1) is 11.3 Å². The Hall–Kier alpha value is -2.06. The van der Waals surface area contributed by atoms with Crippen molar-refractivity contribution in [1.29, 1.82) is 5.26 Å². The van der Waals surface area contributed by atoms with E-state index in [-0.39, 0.29) is 0 Å². The smallest absolute Gasteiger partial charge is 0.227 e. The maximum absolute atomic E-state index is 9.48. The van der Waals surface area contributed by atoms with E-state index in [4.69, 9.17) is 9.97 Å². The van der Waals surface area contributed by atoms with Crippen molar-refractivity contribution in [2.75, 3.05) is 17.7 Å². The van der Waals surface area contributed by atoms with Gasteiger partial charge in [-0.2, -0.15) is 5.26 Å². The predicted octanol–water partition coefficient (Wildman–Crippen LogP) is 3.85. The van der Waals surface area contributed by atoms with Gasteiger partial charge in [-0.25, -0.2) is 9.97 Å². The van der Waals surface area contributed by atoms with Crippen LogP contribution in [-0.4, -0.2) is 28.3 Å². The van der Waals surface area contributed by atoms with Crippen molar-refractivity contribution in [1.82, 2.24) is 9.97 Å². The Morgan fingerprint density at radius 3 is 2.88 bits per heavy atom. The fourth-order valence-corrected chi connectivity index (χ4v) is 4.00. The van der Waals surface area contributed by atoms with Crippen LogP contribution in [0.25, 0.3) is 11.3 Å². The third kappa shape index (κ3) is 2.37. The average molecular weight is 336 g/mol. The van der Waals surface area contributed by atoms with Crippen molar-refractivity contribution in [3.8, 4) is 17.3 Å². The van der Waals surface area contributed by atoms with Crippen molar-refractivity contribution in [3.63, 3.8) is 0 Å². The summed E-state index contributed by atoms with van der Waals surface area (Å²) in [4.78, 5) is 13.0. The monoisotopic (exact) mass is 336 g/mol. The SMILES string of the molecule is CSc1cccc(-c2nc(N3CCC3(C)C#N)nc3c2CCC3)c1. The molecule has 4 nitrogen and oxygen atoms in total. The van der Waals surface area contributed by atoms with E-state index in [2.05, 4.69) is 36.6 Å². The molecule has 1 aliphatic carbocycles. The van der Waals surface area contributed by atoms with Crippen molar-refractivity contribution in [2.24, 2.45) is 0 Å². The molecule has 1 unspecified atom stereocenters. The maximum Gasteiger partial charge on any atom is 0.227 e. The van der Waals surface area contributed by atoms with E-state index in [0.29, 0.717) is 0 Å². The fraction of sp³-hybridized carbons (Fsp3) is 0.421. The number of aryl methyl sites for hydroxylation is 1. The first-order valence-corrected chi connectivity index (χ1v) is 9.60. The molecule has 1 aliphatic heterocycles. The highest BCUT2D eigenvalue weighted by molar-refractivity contribution is 7.98. The molecule has 1 aromatic heterocycles. The van der Waals surface area contributed by atoms with Gasteiger partial charge in [0.1, 0.15) is 5.54 Å². The summed E-state index contributed by atoms with van der Waals surface area (Å²) in [6.45, 7) is 2.83. The lowest BCUT2D eigenvalue weighted by molar-refractivity contribution is 0.377. The largest absolute Gasteiger partial charge is 0.322 e. The minimum atomic E-state index is -0.467. The van der Waals surface area contributed by atoms with Gasteiger partial charge >= 0.3 is 0 Å². The average Bonchev–Trinajstić information content (AvgIpc) is 3.08. The summed E-state index contributed by atoms with van der Waals surface area (Å²) in [5, 5.41) is 9.48. The minimum Gasteiger partial charge on any atom is -0.322 e. The molecule has 24 heavy (non-hydrogen) atoms. The summed E-state index contributed by atoms with van der Waals surface area (Å²) >= 11 is 1.74. The highest BCUT2D eigenvalue weighted by Gasteiger charge is 2.43. The van der Waals surface area contributed by atoms with Crippen LogP contribution in [0.1, 0.15) is 31.0 Å². The topological polar surface area (TPSA) is 52.8 Å². The fourth-order valence-electron chi connectivity index (χ4n) is 3.55. The van der Waals surface area contributed by atoms with Crippen LogP contribution >= 0.6 is 11.8 Å². The standard InChI is InChI=1S/C19H20N4S/c1-19(12-20)9-10-23(19)18-21-16-8-4-7-15(16)17(22-18)13-5-3-6-14(11-13)24-2/h3,5-6,11H,4,7-10H2,1-2H3. The second-order valence-corrected chi connectivity index (χ2v) is 7.55. The Labute approximate surface area is 146 Å². The number of benzene rings is 1. The van der Waals surface area contributed by atoms with Gasteiger partial charge < -0.3 is 4.90 Å². The molecule has 0 N–H and O–H groups in total. The highest BCUT2D eigenvalue weighted by atomic mass is 32.2. The number of nitrogens with zero attached hydrogens (tertiary/aromatic N) is 4. The Morgan fingerprint density at radius 2 is 2.17 bits per heavy atom. The normalized spacial score (nSPS) is 22.0. The molecule has 0 saturated carbocycles. The number of thioether (sulfide) groups is 1. The van der Waals surface area contributed by atoms with E-state index in [1.165, 1.54) is 10.5 Å². The third-order valence-corrected chi connectivity index (χ3v) is 5.89. The lowest BCUT2D eigenvalue weighted by Gasteiger charge is -2.45. The van der Waals surface area contributed by atoms with Crippen LogP contribution in [-0.2, 0) is 12.8 Å². The van der Waals surface area contributed by atoms with Crippen LogP contribution in [0.3, 0.4) is 0 Å². The number of rotatable bonds is 3. The van der Waals surface area contributed by atoms with Crippen molar-refractivity contribution < 1.29 is 0 Å². The van der Waals surface area contributed by atoms with Crippen molar-refractivity contribution >= 4 is 17.7 Å². The van der Waals surface area contributed by atoms with Crippen LogP contribution in [0.4, 0.5) is 5.95 Å². The summed E-state index contributed by atoms with van der Waals surface area (Å²) in [5.41, 5.74) is 4.19. The number of hydrogen-bond acceptors (Lipinski definition) is 5. The Morgan fingerprint density at radius 1 is 1.29 bits per heavy atom. The number of nitriles is 1. The molecule has 1 fully saturated rings. The molecule has 1 aromatic carbocycles. The summed E-state index contributed by atoms with van der Waals surface area (Å²) in [5.74, 6) is 0.718. The molecule has 0 bridgehead atoms. The van der Waals surface area contributed by atoms with E-state index >= 15 is 0 Å². The number of anilines is 1. The number of hydrogen-bond donors (Lipinski definition) is 0. The van der Waals surface area contributed by atoms with E-state index in [0.717, 1.165) is 55.1 Å². The molecular weight excluding hydrogens is 316 g/mol. The predicted molar refractivity (Wildman–Crippen MR) is 97.3 cm³/mol. The van der Waals surface area contributed by atoms with E-state index in [9.17, 15) is 5.26 Å². The molecular formula is C19H20N4S. The van der Waals surface area contributed by atoms with Gasteiger partial charge in [-0.3, -0.25) is 0 Å². The molecule has 0 radical (unpaired) electrons. The zero-order valence-corrected chi connectivity index (χ0v) is 14.9. The molecule has 1 saturated heterocycles. The quantitative estimate of drug-likeness (QED) is 0.797. The first-order valence-electron chi connectivity index (χ1n) is 8.38. The molecule has 0 spiro atoms. The second kappa shape index (κ2) is 5.78. The van der Waals surface area contributed by atoms with Crippen molar-refractivity contribution in [2.45, 2.75) is 43.0 Å². The summed E-state index contributed by atoms with van der Waals surface area (Å²) < 4.78 is 0. The highest BCUT2D eigenvalue weighted by Crippen LogP contribution is 2.37. The van der Waals surface area contributed by atoms with Gasteiger partial charge in [0.05, 0.1) is 11.8 Å². The van der Waals surface area contributed by atoms with Gasteiger partial charge in [-0.15, -0.1) is 11.8 Å². The Kier molecular flexibility index (Phi) is 3.73. The zero-order valence-electron chi connectivity index (χ0n) is 14.0. The number of aromatic nitrogens is 2. The van der Waals surface area contributed by atoms with Gasteiger partial charge in [-0.05, 0) is 44.6 Å². The minimum absolute atomic E-state index is 0.467. The lowest BCUT2D eigenvalue weighted by atomic mass is 9.89. The summed E-state index contributed by atoms with van der Waals surface area (Å²) in [6, 6.07) is 11.0. The van der Waals surface area contributed by atoms with E-state index < -0.39 is 5.54 Å². The van der Waals surface area contributed by atoms with E-state index in [1.54, 1.807) is 11.8 Å². The van der Waals surface area contributed by atoms with Gasteiger partial charge in [0, 0.05) is 34.7 Å². The van der Waals surface area contributed by atoms with Crippen LogP contribution in [0.2, 0.25) is 0 Å². The second-order valence-electron chi connectivity index (χ2n) is 6.67. The van der Waals surface area contributed by atoms with Crippen LogP contribution in [0.15, 0.2) is 29.2 Å². The van der Waals surface area contributed by atoms with Gasteiger partial charge in [-0.1, -0.05) is 12.1 Å². The molecule has 2 aromatic rings.